The van der Waals surface area contributed by atoms with E-state index in [1.165, 1.54) is 10.8 Å². The Bertz CT molecular complexity index is 586. The summed E-state index contributed by atoms with van der Waals surface area (Å²) in [6.07, 6.45) is 3.18. The summed E-state index contributed by atoms with van der Waals surface area (Å²) in [4.78, 5) is 6.81. The van der Waals surface area contributed by atoms with E-state index in [0.29, 0.717) is 0 Å². The number of allylic oxidation sites excluding steroid dienone is 1. The van der Waals surface area contributed by atoms with Gasteiger partial charge in [0.15, 0.2) is 0 Å². The van der Waals surface area contributed by atoms with Gasteiger partial charge in [-0.1, -0.05) is 0 Å². The van der Waals surface area contributed by atoms with E-state index in [2.05, 4.69) is 29.2 Å². The largest absolute Gasteiger partial charge is 0.497 e. The van der Waals surface area contributed by atoms with Crippen LogP contribution >= 0.6 is 0 Å². The van der Waals surface area contributed by atoms with Crippen molar-refractivity contribution in [2.45, 2.75) is 6.42 Å². The standard InChI is InChI=1S/C13H14N2O/c1-15-6-5-10-11-7-9(16-2)3-4-12(11)14-13(10)8-15/h3-4,7-8H,5-6H2,1-2H3. The molecule has 0 saturated heterocycles. The molecule has 3 heteroatoms. The van der Waals surface area contributed by atoms with Crippen LogP contribution in [0, 0.1) is 0 Å². The SMILES string of the molecule is COc1ccc2c(c1)=C1CCN(C)C=C1N=2. The molecule has 1 aromatic rings. The zero-order valence-corrected chi connectivity index (χ0v) is 9.53. The third kappa shape index (κ3) is 1.32. The summed E-state index contributed by atoms with van der Waals surface area (Å²) in [6, 6.07) is 6.07. The molecule has 0 spiro atoms. The Morgan fingerprint density at radius 3 is 3.06 bits per heavy atom. The van der Waals surface area contributed by atoms with Crippen molar-refractivity contribution in [3.63, 3.8) is 0 Å². The summed E-state index contributed by atoms with van der Waals surface area (Å²) in [7, 11) is 3.78. The fourth-order valence-corrected chi connectivity index (χ4v) is 2.25. The fraction of sp³-hybridized carbons (Fsp3) is 0.308. The molecule has 0 aliphatic carbocycles. The van der Waals surface area contributed by atoms with Gasteiger partial charge in [-0.05, 0) is 30.2 Å². The van der Waals surface area contributed by atoms with E-state index in [1.54, 1.807) is 7.11 Å². The topological polar surface area (TPSA) is 24.8 Å². The molecule has 0 radical (unpaired) electrons. The highest BCUT2D eigenvalue weighted by atomic mass is 16.5. The number of methoxy groups -OCH3 is 1. The lowest BCUT2D eigenvalue weighted by Gasteiger charge is -2.21. The number of nitrogens with zero attached hydrogens (tertiary/aromatic N) is 2. The first-order chi connectivity index (χ1) is 7.78. The van der Waals surface area contributed by atoms with Gasteiger partial charge >= 0.3 is 0 Å². The summed E-state index contributed by atoms with van der Waals surface area (Å²) in [6.45, 7) is 1.06. The van der Waals surface area contributed by atoms with E-state index in [0.717, 1.165) is 29.8 Å². The van der Waals surface area contributed by atoms with Gasteiger partial charge in [0.05, 0.1) is 18.2 Å². The van der Waals surface area contributed by atoms with Gasteiger partial charge in [-0.2, -0.15) is 0 Å². The van der Waals surface area contributed by atoms with Crippen LogP contribution in [-0.4, -0.2) is 25.6 Å². The van der Waals surface area contributed by atoms with Crippen molar-refractivity contribution in [3.05, 3.63) is 40.7 Å². The van der Waals surface area contributed by atoms with Crippen LogP contribution in [0.4, 0.5) is 0 Å². The Kier molecular flexibility index (Phi) is 1.99. The minimum atomic E-state index is 0.904. The van der Waals surface area contributed by atoms with Gasteiger partial charge in [-0.25, -0.2) is 4.99 Å². The lowest BCUT2D eigenvalue weighted by atomic mass is 10.1. The second-order valence-electron chi connectivity index (χ2n) is 4.22. The molecule has 16 heavy (non-hydrogen) atoms. The predicted molar refractivity (Wildman–Crippen MR) is 62.5 cm³/mol. The van der Waals surface area contributed by atoms with Gasteiger partial charge in [0.25, 0.3) is 0 Å². The van der Waals surface area contributed by atoms with Crippen LogP contribution in [0.5, 0.6) is 5.75 Å². The molecular weight excluding hydrogens is 200 g/mol. The van der Waals surface area contributed by atoms with Crippen molar-refractivity contribution in [2.75, 3.05) is 20.7 Å². The van der Waals surface area contributed by atoms with Gasteiger partial charge in [-0.3, -0.25) is 0 Å². The highest BCUT2D eigenvalue weighted by Crippen LogP contribution is 2.23. The molecule has 0 N–H and O–H groups in total. The third-order valence-electron chi connectivity index (χ3n) is 3.14. The first kappa shape index (κ1) is 9.46. The molecule has 2 aliphatic heterocycles. The lowest BCUT2D eigenvalue weighted by Crippen LogP contribution is -2.25. The number of rotatable bonds is 1. The molecule has 0 saturated carbocycles. The van der Waals surface area contributed by atoms with Crippen LogP contribution in [-0.2, 0) is 0 Å². The van der Waals surface area contributed by atoms with Gasteiger partial charge in [0.2, 0.25) is 0 Å². The zero-order chi connectivity index (χ0) is 11.1. The molecule has 0 amide bonds. The highest BCUT2D eigenvalue weighted by molar-refractivity contribution is 5.67. The molecule has 0 bridgehead atoms. The van der Waals surface area contributed by atoms with Crippen LogP contribution in [0.25, 0.3) is 5.57 Å². The van der Waals surface area contributed by atoms with Crippen LogP contribution < -0.4 is 15.3 Å². The summed E-state index contributed by atoms with van der Waals surface area (Å²) in [5.41, 5.74) is 2.46. The Morgan fingerprint density at radius 2 is 2.25 bits per heavy atom. The molecule has 0 atom stereocenters. The Morgan fingerprint density at radius 1 is 1.38 bits per heavy atom. The normalized spacial score (nSPS) is 17.5. The number of hydrogen-bond donors (Lipinski definition) is 0. The number of hydrogen-bond acceptors (Lipinski definition) is 3. The van der Waals surface area contributed by atoms with Gasteiger partial charge in [-0.15, -0.1) is 0 Å². The number of benzene rings is 1. The first-order valence-corrected chi connectivity index (χ1v) is 5.46. The first-order valence-electron chi connectivity index (χ1n) is 5.46. The zero-order valence-electron chi connectivity index (χ0n) is 9.53. The smallest absolute Gasteiger partial charge is 0.119 e. The molecule has 3 rings (SSSR count). The van der Waals surface area contributed by atoms with Crippen molar-refractivity contribution >= 4 is 5.57 Å². The van der Waals surface area contributed by atoms with E-state index in [4.69, 9.17) is 4.74 Å². The fourth-order valence-electron chi connectivity index (χ4n) is 2.25. The van der Waals surface area contributed by atoms with E-state index >= 15 is 0 Å². The Hall–Kier alpha value is -1.77. The van der Waals surface area contributed by atoms with E-state index in [9.17, 15) is 0 Å². The number of ether oxygens (including phenoxy) is 1. The molecule has 3 nitrogen and oxygen atoms in total. The van der Waals surface area contributed by atoms with Gasteiger partial charge < -0.3 is 9.64 Å². The minimum absolute atomic E-state index is 0.904. The molecule has 1 aromatic carbocycles. The minimum Gasteiger partial charge on any atom is -0.497 e. The average molecular weight is 214 g/mol. The van der Waals surface area contributed by atoms with Crippen molar-refractivity contribution in [2.24, 2.45) is 4.99 Å². The maximum Gasteiger partial charge on any atom is 0.119 e. The second-order valence-corrected chi connectivity index (χ2v) is 4.22. The molecular formula is C13H14N2O. The van der Waals surface area contributed by atoms with Crippen molar-refractivity contribution in [1.82, 2.24) is 4.90 Å². The van der Waals surface area contributed by atoms with Crippen LogP contribution in [0.3, 0.4) is 0 Å². The highest BCUT2D eigenvalue weighted by Gasteiger charge is 2.17. The van der Waals surface area contributed by atoms with Crippen molar-refractivity contribution in [1.29, 1.82) is 0 Å². The van der Waals surface area contributed by atoms with Gasteiger partial charge in [0.1, 0.15) is 5.75 Å². The molecule has 0 fully saturated rings. The summed E-state index contributed by atoms with van der Waals surface area (Å²) in [5.74, 6) is 0.904. The van der Waals surface area contributed by atoms with E-state index in [-0.39, 0.29) is 0 Å². The quantitative estimate of drug-likeness (QED) is 0.686. The van der Waals surface area contributed by atoms with Crippen LogP contribution in [0.15, 0.2) is 35.1 Å². The van der Waals surface area contributed by atoms with Crippen molar-refractivity contribution < 1.29 is 4.74 Å². The van der Waals surface area contributed by atoms with Crippen LogP contribution in [0.2, 0.25) is 0 Å². The van der Waals surface area contributed by atoms with Crippen molar-refractivity contribution in [3.8, 4) is 5.75 Å². The molecule has 82 valence electrons. The summed E-state index contributed by atoms with van der Waals surface area (Å²) < 4.78 is 5.26. The molecule has 0 unspecified atom stereocenters. The summed E-state index contributed by atoms with van der Waals surface area (Å²) in [5, 5.41) is 2.30. The average Bonchev–Trinajstić information content (AvgIpc) is 2.65. The molecule has 0 aromatic heterocycles. The predicted octanol–water partition coefficient (Wildman–Crippen LogP) is 0.656. The summed E-state index contributed by atoms with van der Waals surface area (Å²) >= 11 is 0. The Balaban J connectivity index is 2.27. The molecule has 2 heterocycles. The monoisotopic (exact) mass is 214 g/mol. The van der Waals surface area contributed by atoms with E-state index in [1.807, 2.05) is 12.1 Å². The molecule has 2 aliphatic rings. The van der Waals surface area contributed by atoms with Crippen LogP contribution in [0.1, 0.15) is 6.42 Å². The third-order valence-corrected chi connectivity index (χ3v) is 3.14. The lowest BCUT2D eigenvalue weighted by molar-refractivity contribution is 0.414. The van der Waals surface area contributed by atoms with E-state index < -0.39 is 0 Å². The number of fused-ring (bicyclic) bond motifs is 2. The second kappa shape index (κ2) is 3.37. The maximum atomic E-state index is 5.26. The Labute approximate surface area is 94.4 Å². The maximum absolute atomic E-state index is 5.26. The van der Waals surface area contributed by atoms with Gasteiger partial charge in [0, 0.05) is 25.0 Å².